The SMILES string of the molecule is C=C(CC(C)C)NC(CC(C)C)C(=C)NC(C(=C)NC(CCC(=C)NC(C(=O)NCC1CC1)[C@@H](C)CC)Cc1ccccc1)C(C)C. The van der Waals surface area contributed by atoms with Gasteiger partial charge in [0.25, 0.3) is 0 Å². The van der Waals surface area contributed by atoms with Gasteiger partial charge in [-0.2, -0.15) is 0 Å². The lowest BCUT2D eigenvalue weighted by Crippen LogP contribution is -2.48. The number of nitrogens with one attached hydrogen (secondary N) is 5. The number of benzene rings is 1. The van der Waals surface area contributed by atoms with Gasteiger partial charge < -0.3 is 26.6 Å². The molecule has 47 heavy (non-hydrogen) atoms. The Balaban J connectivity index is 2.13. The fourth-order valence-corrected chi connectivity index (χ4v) is 6.01. The summed E-state index contributed by atoms with van der Waals surface area (Å²) in [6.45, 7) is 36.2. The molecule has 1 saturated carbocycles. The van der Waals surface area contributed by atoms with Gasteiger partial charge in [0, 0.05) is 35.4 Å². The van der Waals surface area contributed by atoms with E-state index in [9.17, 15) is 4.79 Å². The van der Waals surface area contributed by atoms with Crippen LogP contribution in [0.15, 0.2) is 79.4 Å². The minimum absolute atomic E-state index is 0.00173. The number of allylic oxidation sites excluding steroid dienone is 2. The van der Waals surface area contributed by atoms with Gasteiger partial charge in [0.2, 0.25) is 5.91 Å². The molecule has 1 aromatic carbocycles. The molecule has 264 valence electrons. The molecule has 0 spiro atoms. The van der Waals surface area contributed by atoms with E-state index in [1.54, 1.807) is 0 Å². The highest BCUT2D eigenvalue weighted by Crippen LogP contribution is 2.27. The van der Waals surface area contributed by atoms with E-state index in [1.807, 2.05) is 0 Å². The van der Waals surface area contributed by atoms with Crippen molar-refractivity contribution in [2.75, 3.05) is 6.54 Å². The number of carbonyl (C=O) groups excluding carboxylic acids is 1. The molecule has 0 saturated heterocycles. The molecular weight excluding hydrogens is 578 g/mol. The van der Waals surface area contributed by atoms with E-state index in [1.165, 1.54) is 18.4 Å². The maximum Gasteiger partial charge on any atom is 0.242 e. The molecule has 0 aromatic heterocycles. The monoisotopic (exact) mass is 648 g/mol. The predicted octanol–water partition coefficient (Wildman–Crippen LogP) is 8.22. The normalized spacial score (nSPS) is 16.1. The third-order valence-corrected chi connectivity index (χ3v) is 9.17. The van der Waals surface area contributed by atoms with Crippen LogP contribution in [0.25, 0.3) is 0 Å². The highest BCUT2D eigenvalue weighted by atomic mass is 16.2. The Morgan fingerprint density at radius 1 is 0.809 bits per heavy atom. The standard InChI is InChI=1S/C41H69N5O/c1-13-30(8)40(41(47)42-26-36-20-21-36)44-31(9)19-22-37(25-35-17-15-14-16-18-35)45-34(12)39(29(6)7)46-33(11)38(24-28(4)5)43-32(10)23-27(2)3/h14-18,27-30,36-40,43-46H,9-13,19-26H2,1-8H3,(H,42,47)/t30-,37?,38?,39?,40?/m0/s1. The van der Waals surface area contributed by atoms with Crippen LogP contribution < -0.4 is 26.6 Å². The summed E-state index contributed by atoms with van der Waals surface area (Å²) in [6.07, 6.45) is 7.75. The van der Waals surface area contributed by atoms with Crippen molar-refractivity contribution >= 4 is 5.91 Å². The van der Waals surface area contributed by atoms with Crippen LogP contribution in [-0.4, -0.2) is 36.6 Å². The van der Waals surface area contributed by atoms with Crippen molar-refractivity contribution < 1.29 is 4.79 Å². The second kappa shape index (κ2) is 20.3. The number of rotatable bonds is 25. The summed E-state index contributed by atoms with van der Waals surface area (Å²) in [5.74, 6) is 2.31. The fourth-order valence-electron chi connectivity index (χ4n) is 6.01. The number of amides is 1. The molecule has 0 radical (unpaired) electrons. The summed E-state index contributed by atoms with van der Waals surface area (Å²) in [5.41, 5.74) is 5.16. The van der Waals surface area contributed by atoms with Crippen LogP contribution >= 0.6 is 0 Å². The molecule has 0 bridgehead atoms. The Morgan fingerprint density at radius 3 is 2.02 bits per heavy atom. The van der Waals surface area contributed by atoms with Crippen molar-refractivity contribution in [2.45, 2.75) is 131 Å². The van der Waals surface area contributed by atoms with Gasteiger partial charge in [-0.3, -0.25) is 4.79 Å². The van der Waals surface area contributed by atoms with Gasteiger partial charge in [0.15, 0.2) is 0 Å². The summed E-state index contributed by atoms with van der Waals surface area (Å²) in [6, 6.07) is 10.6. The molecule has 0 heterocycles. The van der Waals surface area contributed by atoms with E-state index in [0.717, 1.165) is 67.9 Å². The zero-order chi connectivity index (χ0) is 35.1. The lowest BCUT2D eigenvalue weighted by atomic mass is 9.95. The van der Waals surface area contributed by atoms with Crippen molar-refractivity contribution in [1.82, 2.24) is 26.6 Å². The molecule has 1 amide bonds. The maximum absolute atomic E-state index is 13.1. The molecule has 1 aliphatic rings. The zero-order valence-corrected chi connectivity index (χ0v) is 31.2. The molecule has 0 aliphatic heterocycles. The van der Waals surface area contributed by atoms with Gasteiger partial charge in [-0.15, -0.1) is 0 Å². The van der Waals surface area contributed by atoms with Crippen molar-refractivity contribution in [3.63, 3.8) is 0 Å². The molecular formula is C41H69N5O. The second-order valence-corrected chi connectivity index (χ2v) is 15.3. The lowest BCUT2D eigenvalue weighted by molar-refractivity contribution is -0.124. The smallest absolute Gasteiger partial charge is 0.242 e. The highest BCUT2D eigenvalue weighted by molar-refractivity contribution is 5.82. The molecule has 5 atom stereocenters. The van der Waals surface area contributed by atoms with Crippen molar-refractivity contribution in [3.8, 4) is 0 Å². The third kappa shape index (κ3) is 15.5. The molecule has 1 aliphatic carbocycles. The quantitative estimate of drug-likeness (QED) is 0.0740. The Morgan fingerprint density at radius 2 is 1.47 bits per heavy atom. The molecule has 6 nitrogen and oxygen atoms in total. The largest absolute Gasteiger partial charge is 0.384 e. The predicted molar refractivity (Wildman–Crippen MR) is 203 cm³/mol. The van der Waals surface area contributed by atoms with E-state index in [-0.39, 0.29) is 36.0 Å². The van der Waals surface area contributed by atoms with Gasteiger partial charge in [0.05, 0.1) is 12.1 Å². The Hall–Kier alpha value is -3.15. The van der Waals surface area contributed by atoms with E-state index < -0.39 is 0 Å². The first-order valence-corrected chi connectivity index (χ1v) is 18.3. The van der Waals surface area contributed by atoms with Crippen LogP contribution in [-0.2, 0) is 11.2 Å². The fraction of sp³-hybridized carbons (Fsp3) is 0.634. The highest BCUT2D eigenvalue weighted by Gasteiger charge is 2.28. The summed E-state index contributed by atoms with van der Waals surface area (Å²) in [5, 5.41) is 17.9. The average Bonchev–Trinajstić information content (AvgIpc) is 3.83. The summed E-state index contributed by atoms with van der Waals surface area (Å²) < 4.78 is 0. The Bertz CT molecular complexity index is 1140. The number of hydrogen-bond donors (Lipinski definition) is 5. The molecule has 4 unspecified atom stereocenters. The number of hydrogen-bond acceptors (Lipinski definition) is 5. The van der Waals surface area contributed by atoms with Gasteiger partial charge in [-0.25, -0.2) is 0 Å². The van der Waals surface area contributed by atoms with E-state index in [0.29, 0.717) is 23.7 Å². The van der Waals surface area contributed by atoms with Crippen LogP contribution in [0.4, 0.5) is 0 Å². The zero-order valence-electron chi connectivity index (χ0n) is 31.2. The van der Waals surface area contributed by atoms with E-state index >= 15 is 0 Å². The topological polar surface area (TPSA) is 77.2 Å². The minimum Gasteiger partial charge on any atom is -0.384 e. The molecule has 6 heteroatoms. The van der Waals surface area contributed by atoms with Crippen molar-refractivity contribution in [3.05, 3.63) is 85.0 Å². The first kappa shape index (κ1) is 40.0. The van der Waals surface area contributed by atoms with Crippen LogP contribution in [0.3, 0.4) is 0 Å². The summed E-state index contributed by atoms with van der Waals surface area (Å²) >= 11 is 0. The third-order valence-electron chi connectivity index (χ3n) is 9.17. The van der Waals surface area contributed by atoms with Crippen molar-refractivity contribution in [2.24, 2.45) is 29.6 Å². The van der Waals surface area contributed by atoms with E-state index in [2.05, 4.69) is 139 Å². The van der Waals surface area contributed by atoms with E-state index in [4.69, 9.17) is 0 Å². The molecule has 1 fully saturated rings. The Kier molecular flexibility index (Phi) is 17.3. The Labute approximate surface area is 288 Å². The first-order valence-electron chi connectivity index (χ1n) is 18.3. The second-order valence-electron chi connectivity index (χ2n) is 15.3. The van der Waals surface area contributed by atoms with Crippen LogP contribution in [0.1, 0.15) is 106 Å². The van der Waals surface area contributed by atoms with Crippen LogP contribution in [0, 0.1) is 29.6 Å². The van der Waals surface area contributed by atoms with Crippen LogP contribution in [0.2, 0.25) is 0 Å². The van der Waals surface area contributed by atoms with Gasteiger partial charge >= 0.3 is 0 Å². The molecule has 5 N–H and O–H groups in total. The summed E-state index contributed by atoms with van der Waals surface area (Å²) in [4.78, 5) is 13.1. The van der Waals surface area contributed by atoms with Gasteiger partial charge in [-0.1, -0.05) is 118 Å². The average molecular weight is 648 g/mol. The number of carbonyl (C=O) groups is 1. The molecule has 1 aromatic rings. The summed E-state index contributed by atoms with van der Waals surface area (Å²) in [7, 11) is 0. The van der Waals surface area contributed by atoms with Crippen molar-refractivity contribution in [1.29, 1.82) is 0 Å². The minimum atomic E-state index is -0.272. The lowest BCUT2D eigenvalue weighted by Gasteiger charge is -2.34. The van der Waals surface area contributed by atoms with Crippen LogP contribution in [0.5, 0.6) is 0 Å². The maximum atomic E-state index is 13.1. The molecule has 2 rings (SSSR count). The van der Waals surface area contributed by atoms with Gasteiger partial charge in [0.1, 0.15) is 6.04 Å². The first-order chi connectivity index (χ1) is 22.2. The van der Waals surface area contributed by atoms with Gasteiger partial charge in [-0.05, 0) is 80.1 Å².